The summed E-state index contributed by atoms with van der Waals surface area (Å²) in [6.45, 7) is 0.191. The predicted molar refractivity (Wildman–Crippen MR) is 125 cm³/mol. The van der Waals surface area contributed by atoms with Gasteiger partial charge in [0, 0.05) is 33.8 Å². The van der Waals surface area contributed by atoms with Crippen LogP contribution >= 0.6 is 34.7 Å². The highest BCUT2D eigenvalue weighted by Gasteiger charge is 2.18. The van der Waals surface area contributed by atoms with Crippen molar-refractivity contribution in [2.45, 2.75) is 11.6 Å². The third-order valence-electron chi connectivity index (χ3n) is 4.69. The van der Waals surface area contributed by atoms with Crippen LogP contribution in [0.25, 0.3) is 5.69 Å². The molecule has 3 heterocycles. The van der Waals surface area contributed by atoms with E-state index >= 15 is 0 Å². The molecule has 0 atom stereocenters. The molecule has 7 nitrogen and oxygen atoms in total. The summed E-state index contributed by atoms with van der Waals surface area (Å²) in [6, 6.07) is 16.9. The third-order valence-corrected chi connectivity index (χ3v) is 6.74. The number of nitrogens with zero attached hydrogens (tertiary/aromatic N) is 3. The highest BCUT2D eigenvalue weighted by Crippen LogP contribution is 2.34. The normalized spacial score (nSPS) is 12.2. The number of thioether (sulfide) groups is 1. The van der Waals surface area contributed by atoms with E-state index in [4.69, 9.17) is 21.1 Å². The summed E-state index contributed by atoms with van der Waals surface area (Å²) in [5.74, 6) is 2.12. The molecular formula is C22H17ClN4O3S2. The SMILES string of the molecule is O=C(CSc1nnc(Cc2cccs2)n1-c1ccc(Cl)cc1)Nc1ccc2c(c1)OCO2. The second-order valence-corrected chi connectivity index (χ2v) is 9.28. The first-order chi connectivity index (χ1) is 15.7. The van der Waals surface area contributed by atoms with Gasteiger partial charge in [-0.05, 0) is 47.8 Å². The van der Waals surface area contributed by atoms with Gasteiger partial charge in [-0.1, -0.05) is 29.4 Å². The summed E-state index contributed by atoms with van der Waals surface area (Å²) in [6.07, 6.45) is 0.650. The maximum absolute atomic E-state index is 12.6. The van der Waals surface area contributed by atoms with E-state index in [1.54, 1.807) is 29.5 Å². The number of hydrogen-bond acceptors (Lipinski definition) is 7. The van der Waals surface area contributed by atoms with Crippen molar-refractivity contribution in [3.05, 3.63) is 75.7 Å². The number of aromatic nitrogens is 3. The summed E-state index contributed by atoms with van der Waals surface area (Å²) in [5, 5.41) is 15.0. The number of rotatable bonds is 7. The zero-order valence-corrected chi connectivity index (χ0v) is 19.0. The minimum atomic E-state index is -0.153. The van der Waals surface area contributed by atoms with Crippen LogP contribution in [0.5, 0.6) is 11.5 Å². The minimum Gasteiger partial charge on any atom is -0.454 e. The van der Waals surface area contributed by atoms with Gasteiger partial charge in [0.2, 0.25) is 12.7 Å². The Bertz CT molecular complexity index is 1240. The molecule has 0 radical (unpaired) electrons. The molecule has 5 rings (SSSR count). The molecule has 2 aromatic heterocycles. The number of carbonyl (C=O) groups is 1. The second-order valence-electron chi connectivity index (χ2n) is 6.87. The lowest BCUT2D eigenvalue weighted by molar-refractivity contribution is -0.113. The van der Waals surface area contributed by atoms with Crippen LogP contribution in [0.4, 0.5) is 5.69 Å². The van der Waals surface area contributed by atoms with E-state index in [0.29, 0.717) is 33.8 Å². The largest absolute Gasteiger partial charge is 0.454 e. The highest BCUT2D eigenvalue weighted by molar-refractivity contribution is 7.99. The molecule has 1 amide bonds. The van der Waals surface area contributed by atoms with Crippen LogP contribution in [0.15, 0.2) is 65.1 Å². The van der Waals surface area contributed by atoms with E-state index in [9.17, 15) is 4.79 Å². The van der Waals surface area contributed by atoms with E-state index in [0.717, 1.165) is 11.5 Å². The Kier molecular flexibility index (Phi) is 6.02. The number of benzene rings is 2. The Morgan fingerprint density at radius 3 is 2.78 bits per heavy atom. The van der Waals surface area contributed by atoms with E-state index in [2.05, 4.69) is 21.6 Å². The summed E-state index contributed by atoms with van der Waals surface area (Å²) >= 11 is 9.06. The molecule has 4 aromatic rings. The van der Waals surface area contributed by atoms with Gasteiger partial charge in [0.1, 0.15) is 5.82 Å². The van der Waals surface area contributed by atoms with Gasteiger partial charge in [0.25, 0.3) is 0 Å². The number of anilines is 1. The third kappa shape index (κ3) is 4.59. The molecule has 10 heteroatoms. The number of thiophene rings is 1. The Labute approximate surface area is 197 Å². The standard InChI is InChI=1S/C22H17ClN4O3S2/c23-14-3-6-16(7-4-14)27-20(11-17-2-1-9-31-17)25-26-22(27)32-12-21(28)24-15-5-8-18-19(10-15)30-13-29-18/h1-10H,11-13H2,(H,24,28). The summed E-state index contributed by atoms with van der Waals surface area (Å²) < 4.78 is 12.6. The zero-order valence-electron chi connectivity index (χ0n) is 16.7. The van der Waals surface area contributed by atoms with Crippen LogP contribution in [-0.2, 0) is 11.2 Å². The van der Waals surface area contributed by atoms with Crippen molar-refractivity contribution in [3.8, 4) is 17.2 Å². The van der Waals surface area contributed by atoms with Crippen molar-refractivity contribution in [2.24, 2.45) is 0 Å². The summed E-state index contributed by atoms with van der Waals surface area (Å²) in [4.78, 5) is 13.7. The van der Waals surface area contributed by atoms with E-state index in [-0.39, 0.29) is 18.5 Å². The van der Waals surface area contributed by atoms with Crippen molar-refractivity contribution in [3.63, 3.8) is 0 Å². The molecule has 0 spiro atoms. The van der Waals surface area contributed by atoms with E-state index in [1.165, 1.54) is 16.6 Å². The summed E-state index contributed by atoms with van der Waals surface area (Å²) in [7, 11) is 0. The van der Waals surface area contributed by atoms with Gasteiger partial charge in [-0.15, -0.1) is 21.5 Å². The second kappa shape index (κ2) is 9.23. The van der Waals surface area contributed by atoms with Gasteiger partial charge in [-0.25, -0.2) is 0 Å². The topological polar surface area (TPSA) is 78.3 Å². The fourth-order valence-corrected chi connectivity index (χ4v) is 4.83. The number of fused-ring (bicyclic) bond motifs is 1. The maximum Gasteiger partial charge on any atom is 0.234 e. The van der Waals surface area contributed by atoms with Gasteiger partial charge in [-0.3, -0.25) is 9.36 Å². The Morgan fingerprint density at radius 1 is 1.12 bits per heavy atom. The molecule has 1 N–H and O–H groups in total. The molecule has 0 unspecified atom stereocenters. The molecule has 0 aliphatic carbocycles. The monoisotopic (exact) mass is 484 g/mol. The highest BCUT2D eigenvalue weighted by atomic mass is 35.5. The van der Waals surface area contributed by atoms with Crippen molar-refractivity contribution in [1.82, 2.24) is 14.8 Å². The van der Waals surface area contributed by atoms with Gasteiger partial charge in [0.05, 0.1) is 5.75 Å². The number of carbonyl (C=O) groups excluding carboxylic acids is 1. The molecule has 1 aliphatic rings. The lowest BCUT2D eigenvalue weighted by Gasteiger charge is -2.10. The zero-order chi connectivity index (χ0) is 21.9. The lowest BCUT2D eigenvalue weighted by atomic mass is 10.3. The van der Waals surface area contributed by atoms with Crippen LogP contribution < -0.4 is 14.8 Å². The van der Waals surface area contributed by atoms with Gasteiger partial charge < -0.3 is 14.8 Å². The fraction of sp³-hybridized carbons (Fsp3) is 0.136. The molecule has 32 heavy (non-hydrogen) atoms. The number of amides is 1. The number of ether oxygens (including phenoxy) is 2. The van der Waals surface area contributed by atoms with Crippen molar-refractivity contribution < 1.29 is 14.3 Å². The molecule has 0 bridgehead atoms. The molecule has 2 aromatic carbocycles. The first-order valence-corrected chi connectivity index (χ1v) is 11.9. The van der Waals surface area contributed by atoms with Crippen LogP contribution in [0.1, 0.15) is 10.7 Å². The number of halogens is 1. The molecule has 0 saturated carbocycles. The predicted octanol–water partition coefficient (Wildman–Crippen LogP) is 5.03. The summed E-state index contributed by atoms with van der Waals surface area (Å²) in [5.41, 5.74) is 1.54. The van der Waals surface area contributed by atoms with Crippen molar-refractivity contribution in [2.75, 3.05) is 17.9 Å². The molecule has 0 saturated heterocycles. The van der Waals surface area contributed by atoms with E-state index in [1.807, 2.05) is 40.3 Å². The fourth-order valence-electron chi connectivity index (χ4n) is 3.23. The van der Waals surface area contributed by atoms with Crippen LogP contribution in [0.3, 0.4) is 0 Å². The smallest absolute Gasteiger partial charge is 0.234 e. The van der Waals surface area contributed by atoms with Gasteiger partial charge in [0.15, 0.2) is 16.7 Å². The number of nitrogens with one attached hydrogen (secondary N) is 1. The van der Waals surface area contributed by atoms with Crippen LogP contribution in [-0.4, -0.2) is 33.2 Å². The molecular weight excluding hydrogens is 468 g/mol. The quantitative estimate of drug-likeness (QED) is 0.370. The van der Waals surface area contributed by atoms with Crippen molar-refractivity contribution >= 4 is 46.3 Å². The Morgan fingerprint density at radius 2 is 1.97 bits per heavy atom. The first-order valence-electron chi connectivity index (χ1n) is 9.70. The van der Waals surface area contributed by atoms with Crippen molar-refractivity contribution in [1.29, 1.82) is 0 Å². The Hall–Kier alpha value is -3.01. The minimum absolute atomic E-state index is 0.153. The van der Waals surface area contributed by atoms with E-state index < -0.39 is 0 Å². The number of hydrogen-bond donors (Lipinski definition) is 1. The van der Waals surface area contributed by atoms with Crippen LogP contribution in [0.2, 0.25) is 5.02 Å². The average Bonchev–Trinajstić information content (AvgIpc) is 3.54. The first kappa shape index (κ1) is 20.9. The van der Waals surface area contributed by atoms with Gasteiger partial charge >= 0.3 is 0 Å². The average molecular weight is 485 g/mol. The molecule has 162 valence electrons. The maximum atomic E-state index is 12.6. The molecule has 1 aliphatic heterocycles. The van der Waals surface area contributed by atoms with Crippen LogP contribution in [0, 0.1) is 0 Å². The Balaban J connectivity index is 1.33. The molecule has 0 fully saturated rings. The van der Waals surface area contributed by atoms with Gasteiger partial charge in [-0.2, -0.15) is 0 Å². The lowest BCUT2D eigenvalue weighted by Crippen LogP contribution is -2.14.